The largest absolute Gasteiger partial charge is 0.383 e. The number of carbonyl (C=O) groups is 1. The maximum atomic E-state index is 13.0. The van der Waals surface area contributed by atoms with Crippen LogP contribution < -0.4 is 10.6 Å². The van der Waals surface area contributed by atoms with Gasteiger partial charge in [-0.15, -0.1) is 0 Å². The Morgan fingerprint density at radius 1 is 1.23 bits per heavy atom. The van der Waals surface area contributed by atoms with Crippen LogP contribution in [0, 0.1) is 0 Å². The molecule has 1 amide bonds. The van der Waals surface area contributed by atoms with Crippen LogP contribution in [0.1, 0.15) is 50.9 Å². The van der Waals surface area contributed by atoms with Gasteiger partial charge in [0.05, 0.1) is 6.61 Å². The molecule has 0 radical (unpaired) electrons. The zero-order valence-electron chi connectivity index (χ0n) is 16.6. The molecule has 1 aliphatic rings. The lowest BCUT2D eigenvalue weighted by Crippen LogP contribution is -2.62. The first-order chi connectivity index (χ1) is 12.2. The molecule has 26 heavy (non-hydrogen) atoms. The minimum atomic E-state index is 0.00911. The summed E-state index contributed by atoms with van der Waals surface area (Å²) in [6, 6.07) is 8.11. The maximum Gasteiger partial charge on any atom is 0.252 e. The first-order valence-corrected chi connectivity index (χ1v) is 9.38. The molecule has 0 saturated carbocycles. The van der Waals surface area contributed by atoms with E-state index < -0.39 is 0 Å². The van der Waals surface area contributed by atoms with Gasteiger partial charge in [-0.25, -0.2) is 0 Å². The van der Waals surface area contributed by atoms with Crippen LogP contribution in [0.4, 0.5) is 0 Å². The highest BCUT2D eigenvalue weighted by atomic mass is 16.5. The normalized spacial score (nSPS) is 19.6. The third kappa shape index (κ3) is 4.10. The van der Waals surface area contributed by atoms with Crippen molar-refractivity contribution < 1.29 is 9.53 Å². The molecule has 0 bridgehead atoms. The van der Waals surface area contributed by atoms with Crippen molar-refractivity contribution in [3.05, 3.63) is 36.0 Å². The molecule has 0 spiro atoms. The molecule has 2 aromatic rings. The van der Waals surface area contributed by atoms with Crippen molar-refractivity contribution >= 4 is 16.8 Å². The number of carbonyl (C=O) groups excluding carboxylic acids is 1. The topological polar surface area (TPSA) is 55.3 Å². The van der Waals surface area contributed by atoms with E-state index in [-0.39, 0.29) is 23.0 Å². The molecule has 1 aromatic heterocycles. The highest BCUT2D eigenvalue weighted by Gasteiger charge is 2.38. The molecule has 3 rings (SSSR count). The zero-order chi connectivity index (χ0) is 18.9. The average Bonchev–Trinajstić information content (AvgIpc) is 2.92. The Morgan fingerprint density at radius 3 is 2.58 bits per heavy atom. The Morgan fingerprint density at radius 2 is 1.92 bits per heavy atom. The fraction of sp³-hybridized carbons (Fsp3) is 0.571. The monoisotopic (exact) mass is 357 g/mol. The Bertz CT molecular complexity index is 776. The molecule has 5 heteroatoms. The lowest BCUT2D eigenvalue weighted by molar-refractivity contribution is 0.0875. The van der Waals surface area contributed by atoms with Crippen LogP contribution in [0.15, 0.2) is 30.5 Å². The molecule has 1 aliphatic heterocycles. The van der Waals surface area contributed by atoms with Crippen LogP contribution in [-0.2, 0) is 11.3 Å². The molecule has 2 N–H and O–H groups in total. The van der Waals surface area contributed by atoms with Crippen molar-refractivity contribution in [2.75, 3.05) is 13.7 Å². The molecule has 0 unspecified atom stereocenters. The summed E-state index contributed by atoms with van der Waals surface area (Å²) in [6.07, 6.45) is 3.87. The number of nitrogens with zero attached hydrogens (tertiary/aromatic N) is 1. The summed E-state index contributed by atoms with van der Waals surface area (Å²) >= 11 is 0. The van der Waals surface area contributed by atoms with Crippen molar-refractivity contribution in [2.45, 2.75) is 64.2 Å². The van der Waals surface area contributed by atoms with E-state index in [0.29, 0.717) is 6.61 Å². The Kier molecular flexibility index (Phi) is 5.13. The summed E-state index contributed by atoms with van der Waals surface area (Å²) < 4.78 is 7.31. The third-order valence-electron chi connectivity index (χ3n) is 5.12. The number of hydrogen-bond donors (Lipinski definition) is 2. The SMILES string of the molecule is COCCn1ccc2c(C(=O)NC3CC(C)(C)NC(C)(C)C3)cccc21. The number of nitrogens with one attached hydrogen (secondary N) is 2. The predicted molar refractivity (Wildman–Crippen MR) is 106 cm³/mol. The smallest absolute Gasteiger partial charge is 0.252 e. The van der Waals surface area contributed by atoms with Gasteiger partial charge in [0.25, 0.3) is 5.91 Å². The summed E-state index contributed by atoms with van der Waals surface area (Å²) in [5.74, 6) is 0.0126. The first-order valence-electron chi connectivity index (χ1n) is 9.38. The van der Waals surface area contributed by atoms with Crippen molar-refractivity contribution in [3.8, 4) is 0 Å². The number of hydrogen-bond acceptors (Lipinski definition) is 3. The van der Waals surface area contributed by atoms with Gasteiger partial charge in [-0.2, -0.15) is 0 Å². The number of fused-ring (bicyclic) bond motifs is 1. The molecule has 142 valence electrons. The Hall–Kier alpha value is -1.85. The highest BCUT2D eigenvalue weighted by molar-refractivity contribution is 6.06. The minimum absolute atomic E-state index is 0.00911. The molecule has 0 aliphatic carbocycles. The van der Waals surface area contributed by atoms with E-state index in [2.05, 4.69) is 49.0 Å². The van der Waals surface area contributed by atoms with Gasteiger partial charge < -0.3 is 19.9 Å². The van der Waals surface area contributed by atoms with Crippen LogP contribution in [0.5, 0.6) is 0 Å². The maximum absolute atomic E-state index is 13.0. The van der Waals surface area contributed by atoms with Crippen molar-refractivity contribution in [3.63, 3.8) is 0 Å². The van der Waals surface area contributed by atoms with Crippen LogP contribution in [-0.4, -0.2) is 41.3 Å². The van der Waals surface area contributed by atoms with Crippen LogP contribution in [0.25, 0.3) is 10.9 Å². The molecular weight excluding hydrogens is 326 g/mol. The highest BCUT2D eigenvalue weighted by Crippen LogP contribution is 2.29. The standard InChI is InChI=1S/C21H31N3O2/c1-20(2)13-15(14-21(3,4)23-20)22-19(25)17-7-6-8-18-16(17)9-10-24(18)11-12-26-5/h6-10,15,23H,11-14H2,1-5H3,(H,22,25). The molecular formula is C21H31N3O2. The summed E-state index contributed by atoms with van der Waals surface area (Å²) in [5, 5.41) is 7.93. The molecule has 1 fully saturated rings. The van der Waals surface area contributed by atoms with E-state index >= 15 is 0 Å². The molecule has 1 aromatic carbocycles. The fourth-order valence-electron chi connectivity index (χ4n) is 4.49. The molecule has 0 atom stereocenters. The number of amides is 1. The second-order valence-electron chi connectivity index (χ2n) is 8.71. The Balaban J connectivity index is 1.81. The van der Waals surface area contributed by atoms with Gasteiger partial charge in [-0.3, -0.25) is 4.79 Å². The lowest BCUT2D eigenvalue weighted by Gasteiger charge is -2.46. The summed E-state index contributed by atoms with van der Waals surface area (Å²) in [5.41, 5.74) is 1.83. The summed E-state index contributed by atoms with van der Waals surface area (Å²) in [7, 11) is 1.70. The lowest BCUT2D eigenvalue weighted by atomic mass is 9.79. The second kappa shape index (κ2) is 7.05. The van der Waals surface area contributed by atoms with Gasteiger partial charge in [0, 0.05) is 53.4 Å². The van der Waals surface area contributed by atoms with Gasteiger partial charge in [-0.1, -0.05) is 6.07 Å². The molecule has 5 nitrogen and oxygen atoms in total. The van der Waals surface area contributed by atoms with Crippen molar-refractivity contribution in [2.24, 2.45) is 0 Å². The quantitative estimate of drug-likeness (QED) is 0.863. The van der Waals surface area contributed by atoms with Crippen molar-refractivity contribution in [1.82, 2.24) is 15.2 Å². The number of methoxy groups -OCH3 is 1. The van der Waals surface area contributed by atoms with Gasteiger partial charge in [0.15, 0.2) is 0 Å². The zero-order valence-corrected chi connectivity index (χ0v) is 16.6. The van der Waals surface area contributed by atoms with Gasteiger partial charge in [0.2, 0.25) is 0 Å². The van der Waals surface area contributed by atoms with E-state index in [0.717, 1.165) is 35.9 Å². The minimum Gasteiger partial charge on any atom is -0.383 e. The van der Waals surface area contributed by atoms with Crippen LogP contribution in [0.2, 0.25) is 0 Å². The summed E-state index contributed by atoms with van der Waals surface area (Å²) in [4.78, 5) is 13.0. The third-order valence-corrected chi connectivity index (χ3v) is 5.12. The van der Waals surface area contributed by atoms with Crippen LogP contribution >= 0.6 is 0 Å². The molecule has 1 saturated heterocycles. The van der Waals surface area contributed by atoms with E-state index in [1.54, 1.807) is 7.11 Å². The van der Waals surface area contributed by atoms with Crippen molar-refractivity contribution in [1.29, 1.82) is 0 Å². The number of ether oxygens (including phenoxy) is 1. The van der Waals surface area contributed by atoms with E-state index in [1.165, 1.54) is 0 Å². The van der Waals surface area contributed by atoms with Gasteiger partial charge in [-0.05, 0) is 58.7 Å². The first kappa shape index (κ1) is 18.9. The number of benzene rings is 1. The van der Waals surface area contributed by atoms with E-state index in [9.17, 15) is 4.79 Å². The van der Waals surface area contributed by atoms with E-state index in [4.69, 9.17) is 4.74 Å². The Labute approximate surface area is 156 Å². The predicted octanol–water partition coefficient (Wildman–Crippen LogP) is 3.33. The number of rotatable bonds is 5. The van der Waals surface area contributed by atoms with E-state index in [1.807, 2.05) is 24.4 Å². The second-order valence-corrected chi connectivity index (χ2v) is 8.71. The fourth-order valence-corrected chi connectivity index (χ4v) is 4.49. The van der Waals surface area contributed by atoms with Gasteiger partial charge in [0.1, 0.15) is 0 Å². The molecule has 2 heterocycles. The number of aromatic nitrogens is 1. The number of piperidine rings is 1. The average molecular weight is 357 g/mol. The van der Waals surface area contributed by atoms with Gasteiger partial charge >= 0.3 is 0 Å². The van der Waals surface area contributed by atoms with Crippen LogP contribution in [0.3, 0.4) is 0 Å². The summed E-state index contributed by atoms with van der Waals surface area (Å²) in [6.45, 7) is 10.2.